The molecule has 1 heterocycles. The summed E-state index contributed by atoms with van der Waals surface area (Å²) in [4.78, 5) is 28.5. The van der Waals surface area contributed by atoms with Crippen LogP contribution >= 0.6 is 0 Å². The van der Waals surface area contributed by atoms with Crippen LogP contribution in [0, 0.1) is 0 Å². The van der Waals surface area contributed by atoms with E-state index >= 15 is 0 Å². The molecular formula is C26H35N3O3. The molecule has 6 heteroatoms. The number of nitrogens with two attached hydrogens (primary N) is 1. The molecule has 6 nitrogen and oxygen atoms in total. The molecule has 1 aliphatic heterocycles. The van der Waals surface area contributed by atoms with Gasteiger partial charge in [-0.3, -0.25) is 9.59 Å². The number of ether oxygens (including phenoxy) is 1. The van der Waals surface area contributed by atoms with E-state index in [1.807, 2.05) is 41.3 Å². The number of piperidine rings is 1. The van der Waals surface area contributed by atoms with Crippen molar-refractivity contribution in [1.82, 2.24) is 9.80 Å². The summed E-state index contributed by atoms with van der Waals surface area (Å²) in [5.74, 6) is 0.559. The summed E-state index contributed by atoms with van der Waals surface area (Å²) in [6, 6.07) is 15.6. The first-order valence-corrected chi connectivity index (χ1v) is 11.5. The van der Waals surface area contributed by atoms with Gasteiger partial charge in [0.25, 0.3) is 0 Å². The fraction of sp³-hybridized carbons (Fsp3) is 0.462. The highest BCUT2D eigenvalue weighted by Gasteiger charge is 2.23. The topological polar surface area (TPSA) is 75.9 Å². The molecule has 1 aliphatic rings. The van der Waals surface area contributed by atoms with E-state index in [-0.39, 0.29) is 5.91 Å². The van der Waals surface area contributed by atoms with Crippen LogP contribution in [0.2, 0.25) is 0 Å². The Morgan fingerprint density at radius 2 is 1.62 bits per heavy atom. The molecule has 2 aromatic carbocycles. The van der Waals surface area contributed by atoms with Gasteiger partial charge in [-0.2, -0.15) is 0 Å². The Morgan fingerprint density at radius 1 is 0.969 bits per heavy atom. The molecule has 0 radical (unpaired) electrons. The number of hydrogen-bond donors (Lipinski definition) is 1. The minimum Gasteiger partial charge on any atom is -0.493 e. The van der Waals surface area contributed by atoms with Gasteiger partial charge >= 0.3 is 0 Å². The van der Waals surface area contributed by atoms with E-state index in [0.29, 0.717) is 24.6 Å². The monoisotopic (exact) mass is 437 g/mol. The Hall–Kier alpha value is -2.86. The number of para-hydroxylation sites is 1. The van der Waals surface area contributed by atoms with Crippen LogP contribution in [0.3, 0.4) is 0 Å². The third kappa shape index (κ3) is 6.33. The van der Waals surface area contributed by atoms with Gasteiger partial charge in [0.1, 0.15) is 5.75 Å². The summed E-state index contributed by atoms with van der Waals surface area (Å²) in [5, 5.41) is 0. The first-order chi connectivity index (χ1) is 15.5. The number of amides is 2. The number of carbonyl (C=O) groups excluding carboxylic acids is 2. The van der Waals surface area contributed by atoms with Crippen LogP contribution in [0.15, 0.2) is 48.5 Å². The number of unbranched alkanes of at least 4 members (excludes halogenated alkanes) is 2. The minimum atomic E-state index is -0.453. The number of carbonyl (C=O) groups is 2. The molecule has 2 aromatic rings. The smallest absolute Gasteiger partial charge is 0.249 e. The maximum absolute atomic E-state index is 12.5. The second kappa shape index (κ2) is 11.7. The molecule has 32 heavy (non-hydrogen) atoms. The van der Waals surface area contributed by atoms with Crippen LogP contribution < -0.4 is 10.5 Å². The SMILES string of the molecule is CN(C)C1CCN(C(=O)CCCCCOc2ccccc2-c2ccccc2C(N)=O)CC1. The molecule has 1 saturated heterocycles. The van der Waals surface area contributed by atoms with E-state index < -0.39 is 5.91 Å². The highest BCUT2D eigenvalue weighted by atomic mass is 16.5. The van der Waals surface area contributed by atoms with Gasteiger partial charge in [0.05, 0.1) is 6.61 Å². The predicted molar refractivity (Wildman–Crippen MR) is 128 cm³/mol. The molecule has 2 amide bonds. The average molecular weight is 438 g/mol. The molecule has 2 N–H and O–H groups in total. The maximum Gasteiger partial charge on any atom is 0.249 e. The van der Waals surface area contributed by atoms with Crippen molar-refractivity contribution in [3.05, 3.63) is 54.1 Å². The van der Waals surface area contributed by atoms with Crippen molar-refractivity contribution < 1.29 is 14.3 Å². The molecule has 1 fully saturated rings. The zero-order valence-corrected chi connectivity index (χ0v) is 19.3. The Morgan fingerprint density at radius 3 is 2.31 bits per heavy atom. The zero-order valence-electron chi connectivity index (χ0n) is 19.3. The third-order valence-electron chi connectivity index (χ3n) is 6.21. The van der Waals surface area contributed by atoms with E-state index in [4.69, 9.17) is 10.5 Å². The summed E-state index contributed by atoms with van der Waals surface area (Å²) in [6.45, 7) is 2.31. The molecule has 0 unspecified atom stereocenters. The van der Waals surface area contributed by atoms with Crippen molar-refractivity contribution in [2.75, 3.05) is 33.8 Å². The van der Waals surface area contributed by atoms with E-state index in [1.165, 1.54) is 0 Å². The molecule has 0 aromatic heterocycles. The van der Waals surface area contributed by atoms with Crippen LogP contribution in [0.1, 0.15) is 48.9 Å². The van der Waals surface area contributed by atoms with Gasteiger partial charge < -0.3 is 20.3 Å². The average Bonchev–Trinajstić information content (AvgIpc) is 2.81. The number of nitrogens with zero attached hydrogens (tertiary/aromatic N) is 2. The second-order valence-electron chi connectivity index (χ2n) is 8.64. The van der Waals surface area contributed by atoms with Crippen molar-refractivity contribution in [3.63, 3.8) is 0 Å². The van der Waals surface area contributed by atoms with E-state index in [2.05, 4.69) is 19.0 Å². The van der Waals surface area contributed by atoms with Crippen LogP contribution in [0.5, 0.6) is 5.75 Å². The highest BCUT2D eigenvalue weighted by Crippen LogP contribution is 2.32. The lowest BCUT2D eigenvalue weighted by molar-refractivity contribution is -0.132. The summed E-state index contributed by atoms with van der Waals surface area (Å²) in [6.07, 6.45) is 5.43. The Labute approximate surface area is 191 Å². The fourth-order valence-corrected chi connectivity index (χ4v) is 4.27. The molecular weight excluding hydrogens is 402 g/mol. The van der Waals surface area contributed by atoms with Crippen LogP contribution in [0.4, 0.5) is 0 Å². The first-order valence-electron chi connectivity index (χ1n) is 11.5. The lowest BCUT2D eigenvalue weighted by Gasteiger charge is -2.35. The van der Waals surface area contributed by atoms with E-state index in [0.717, 1.165) is 62.1 Å². The molecule has 0 aliphatic carbocycles. The zero-order chi connectivity index (χ0) is 22.9. The molecule has 0 spiro atoms. The van der Waals surface area contributed by atoms with E-state index in [9.17, 15) is 9.59 Å². The van der Waals surface area contributed by atoms with Crippen molar-refractivity contribution in [1.29, 1.82) is 0 Å². The van der Waals surface area contributed by atoms with Gasteiger partial charge in [-0.15, -0.1) is 0 Å². The van der Waals surface area contributed by atoms with Crippen molar-refractivity contribution in [2.45, 2.75) is 44.6 Å². The maximum atomic E-state index is 12.5. The quantitative estimate of drug-likeness (QED) is 0.571. The van der Waals surface area contributed by atoms with Crippen molar-refractivity contribution in [3.8, 4) is 16.9 Å². The summed E-state index contributed by atoms with van der Waals surface area (Å²) < 4.78 is 6.03. The standard InChI is InChI=1S/C26H35N3O3/c1-28(2)20-15-17-29(18-16-20)25(30)14-4-3-9-19-32-24-13-8-7-11-22(24)21-10-5-6-12-23(21)26(27)31/h5-8,10-13,20H,3-4,9,14-19H2,1-2H3,(H2,27,31). The molecule has 3 rings (SSSR count). The second-order valence-corrected chi connectivity index (χ2v) is 8.64. The third-order valence-corrected chi connectivity index (χ3v) is 6.21. The van der Waals surface area contributed by atoms with Crippen LogP contribution in [-0.4, -0.2) is 61.4 Å². The predicted octanol–water partition coefficient (Wildman–Crippen LogP) is 3.94. The molecule has 0 atom stereocenters. The van der Waals surface area contributed by atoms with Crippen molar-refractivity contribution in [2.24, 2.45) is 5.73 Å². The first kappa shape index (κ1) is 23.8. The number of rotatable bonds is 10. The number of likely N-dealkylation sites (tertiary alicyclic amines) is 1. The molecule has 172 valence electrons. The summed E-state index contributed by atoms with van der Waals surface area (Å²) >= 11 is 0. The van der Waals surface area contributed by atoms with Crippen LogP contribution in [-0.2, 0) is 4.79 Å². The Balaban J connectivity index is 1.43. The summed E-state index contributed by atoms with van der Waals surface area (Å²) in [5.41, 5.74) is 7.66. The van der Waals surface area contributed by atoms with Gasteiger partial charge in [-0.1, -0.05) is 36.4 Å². The Bertz CT molecular complexity index is 905. The lowest BCUT2D eigenvalue weighted by Crippen LogP contribution is -2.44. The Kier molecular flexibility index (Phi) is 8.68. The van der Waals surface area contributed by atoms with Crippen molar-refractivity contribution >= 4 is 11.8 Å². The largest absolute Gasteiger partial charge is 0.493 e. The van der Waals surface area contributed by atoms with Gasteiger partial charge in [0, 0.05) is 36.7 Å². The number of primary amides is 1. The lowest BCUT2D eigenvalue weighted by atomic mass is 9.98. The highest BCUT2D eigenvalue weighted by molar-refractivity contribution is 6.00. The summed E-state index contributed by atoms with van der Waals surface area (Å²) in [7, 11) is 4.22. The van der Waals surface area contributed by atoms with Crippen LogP contribution in [0.25, 0.3) is 11.1 Å². The fourth-order valence-electron chi connectivity index (χ4n) is 4.27. The molecule has 0 bridgehead atoms. The minimum absolute atomic E-state index is 0.275. The van der Waals surface area contributed by atoms with Gasteiger partial charge in [-0.05, 0) is 63.9 Å². The van der Waals surface area contributed by atoms with Gasteiger partial charge in [0.15, 0.2) is 0 Å². The number of hydrogen-bond acceptors (Lipinski definition) is 4. The number of benzene rings is 2. The van der Waals surface area contributed by atoms with E-state index in [1.54, 1.807) is 12.1 Å². The van der Waals surface area contributed by atoms with Gasteiger partial charge in [0.2, 0.25) is 11.8 Å². The molecule has 0 saturated carbocycles. The normalized spacial score (nSPS) is 14.5. The van der Waals surface area contributed by atoms with Gasteiger partial charge in [-0.25, -0.2) is 0 Å².